The number of carbonyl (C=O) groups excluding carboxylic acids is 1. The molecule has 0 spiro atoms. The number of aliphatic hydroxyl groups is 1. The first-order chi connectivity index (χ1) is 7.39. The average Bonchev–Trinajstić information content (AvgIpc) is 2.70. The van der Waals surface area contributed by atoms with E-state index in [0.717, 1.165) is 25.8 Å². The summed E-state index contributed by atoms with van der Waals surface area (Å²) in [6, 6.07) is 0.0971. The van der Waals surface area contributed by atoms with E-state index in [1.807, 2.05) is 4.90 Å². The summed E-state index contributed by atoms with van der Waals surface area (Å²) in [5.41, 5.74) is 0.188. The third-order valence-electron chi connectivity index (χ3n) is 4.23. The predicted octanol–water partition coefficient (Wildman–Crippen LogP) is 1.79. The molecular weight excluding hydrogens is 202 g/mol. The zero-order valence-corrected chi connectivity index (χ0v) is 10.6. The Morgan fingerprint density at radius 3 is 2.44 bits per heavy atom. The molecule has 0 aromatic heterocycles. The zero-order valence-electron chi connectivity index (χ0n) is 10.6. The lowest BCUT2D eigenvalue weighted by Crippen LogP contribution is -2.41. The Balaban J connectivity index is 2.05. The van der Waals surface area contributed by atoms with Crippen molar-refractivity contribution in [1.82, 2.24) is 4.90 Å². The van der Waals surface area contributed by atoms with Crippen LogP contribution in [0.25, 0.3) is 0 Å². The van der Waals surface area contributed by atoms with Crippen molar-refractivity contribution in [2.45, 2.75) is 58.6 Å². The molecule has 3 nitrogen and oxygen atoms in total. The van der Waals surface area contributed by atoms with Crippen molar-refractivity contribution in [3.8, 4) is 0 Å². The molecule has 1 amide bonds. The minimum absolute atomic E-state index is 0.0971. The van der Waals surface area contributed by atoms with Gasteiger partial charge in [-0.2, -0.15) is 0 Å². The first-order valence-electron chi connectivity index (χ1n) is 6.37. The van der Waals surface area contributed by atoms with Gasteiger partial charge in [0.1, 0.15) is 0 Å². The van der Waals surface area contributed by atoms with Gasteiger partial charge in [-0.25, -0.2) is 0 Å². The van der Waals surface area contributed by atoms with Crippen LogP contribution >= 0.6 is 0 Å². The van der Waals surface area contributed by atoms with Gasteiger partial charge >= 0.3 is 0 Å². The maximum atomic E-state index is 12.0. The zero-order chi connectivity index (χ0) is 11.9. The van der Waals surface area contributed by atoms with Crippen LogP contribution < -0.4 is 0 Å². The lowest BCUT2D eigenvalue weighted by molar-refractivity contribution is -0.131. The van der Waals surface area contributed by atoms with Crippen LogP contribution in [0.5, 0.6) is 0 Å². The number of aliphatic hydroxyl groups excluding tert-OH is 1. The monoisotopic (exact) mass is 225 g/mol. The maximum Gasteiger partial charge on any atom is 0.223 e. The number of hydrogen-bond donors (Lipinski definition) is 1. The van der Waals surface area contributed by atoms with Gasteiger partial charge in [-0.05, 0) is 30.6 Å². The van der Waals surface area contributed by atoms with Crippen LogP contribution in [0.2, 0.25) is 0 Å². The molecule has 0 aromatic carbocycles. The van der Waals surface area contributed by atoms with Crippen molar-refractivity contribution in [3.05, 3.63) is 0 Å². The van der Waals surface area contributed by atoms with E-state index in [0.29, 0.717) is 12.3 Å². The van der Waals surface area contributed by atoms with Crippen LogP contribution in [0.1, 0.15) is 46.5 Å². The first-order valence-corrected chi connectivity index (χ1v) is 6.37. The highest BCUT2D eigenvalue weighted by Crippen LogP contribution is 2.37. The van der Waals surface area contributed by atoms with Gasteiger partial charge in [-0.1, -0.05) is 20.8 Å². The van der Waals surface area contributed by atoms with Crippen molar-refractivity contribution in [2.24, 2.45) is 11.3 Å². The third kappa shape index (κ3) is 2.10. The van der Waals surface area contributed by atoms with E-state index >= 15 is 0 Å². The van der Waals surface area contributed by atoms with Gasteiger partial charge in [-0.15, -0.1) is 0 Å². The standard InChI is InChI=1S/C13H23NO2/c1-13(2,3)9-7-12(16)14(8-9)10-5-4-6-11(10)15/h9-11,15H,4-8H2,1-3H3/t9?,10-,11-/m0/s1. The van der Waals surface area contributed by atoms with Gasteiger partial charge in [0.2, 0.25) is 5.91 Å². The molecule has 16 heavy (non-hydrogen) atoms. The summed E-state index contributed by atoms with van der Waals surface area (Å²) in [5.74, 6) is 0.679. The SMILES string of the molecule is CC(C)(C)C1CC(=O)N([C@H]2CCC[C@@H]2O)C1. The molecular formula is C13H23NO2. The summed E-state index contributed by atoms with van der Waals surface area (Å²) in [5, 5.41) is 9.86. The van der Waals surface area contributed by atoms with Gasteiger partial charge in [0.15, 0.2) is 0 Å². The highest BCUT2D eigenvalue weighted by molar-refractivity contribution is 5.79. The molecule has 3 atom stereocenters. The molecule has 0 radical (unpaired) electrons. The number of amides is 1. The van der Waals surface area contributed by atoms with Crippen molar-refractivity contribution >= 4 is 5.91 Å². The highest BCUT2D eigenvalue weighted by Gasteiger charge is 2.42. The molecule has 1 N–H and O–H groups in total. The fraction of sp³-hybridized carbons (Fsp3) is 0.923. The Hall–Kier alpha value is -0.570. The number of rotatable bonds is 1. The fourth-order valence-electron chi connectivity index (χ4n) is 2.92. The van der Waals surface area contributed by atoms with Gasteiger partial charge < -0.3 is 10.0 Å². The second kappa shape index (κ2) is 4.02. The van der Waals surface area contributed by atoms with E-state index in [1.54, 1.807) is 0 Å². The maximum absolute atomic E-state index is 12.0. The number of likely N-dealkylation sites (tertiary alicyclic amines) is 1. The molecule has 1 saturated carbocycles. The summed E-state index contributed by atoms with van der Waals surface area (Å²) in [6.07, 6.45) is 3.25. The molecule has 1 aliphatic heterocycles. The lowest BCUT2D eigenvalue weighted by atomic mass is 9.80. The van der Waals surface area contributed by atoms with E-state index in [9.17, 15) is 9.90 Å². The molecule has 2 fully saturated rings. The van der Waals surface area contributed by atoms with E-state index in [4.69, 9.17) is 0 Å². The molecule has 1 unspecified atom stereocenters. The summed E-state index contributed by atoms with van der Waals surface area (Å²) >= 11 is 0. The predicted molar refractivity (Wildman–Crippen MR) is 62.9 cm³/mol. The Labute approximate surface area is 97.8 Å². The van der Waals surface area contributed by atoms with E-state index < -0.39 is 0 Å². The molecule has 2 aliphatic rings. The van der Waals surface area contributed by atoms with Crippen LogP contribution in [0.4, 0.5) is 0 Å². The van der Waals surface area contributed by atoms with Crippen molar-refractivity contribution < 1.29 is 9.90 Å². The molecule has 1 aliphatic carbocycles. The smallest absolute Gasteiger partial charge is 0.223 e. The second-order valence-electron chi connectivity index (χ2n) is 6.38. The number of hydrogen-bond acceptors (Lipinski definition) is 2. The number of nitrogens with zero attached hydrogens (tertiary/aromatic N) is 1. The average molecular weight is 225 g/mol. The number of carbonyl (C=O) groups is 1. The van der Waals surface area contributed by atoms with Crippen molar-refractivity contribution in [2.75, 3.05) is 6.54 Å². The Morgan fingerprint density at radius 2 is 2.00 bits per heavy atom. The van der Waals surface area contributed by atoms with Crippen molar-refractivity contribution in [1.29, 1.82) is 0 Å². The summed E-state index contributed by atoms with van der Waals surface area (Å²) in [4.78, 5) is 13.9. The Bertz CT molecular complexity index is 282. The van der Waals surface area contributed by atoms with E-state index in [2.05, 4.69) is 20.8 Å². The Morgan fingerprint density at radius 1 is 1.31 bits per heavy atom. The summed E-state index contributed by atoms with van der Waals surface area (Å²) in [6.45, 7) is 7.42. The molecule has 3 heteroatoms. The highest BCUT2D eigenvalue weighted by atomic mass is 16.3. The molecule has 0 bridgehead atoms. The van der Waals surface area contributed by atoms with Crippen LogP contribution in [0, 0.1) is 11.3 Å². The molecule has 92 valence electrons. The lowest BCUT2D eigenvalue weighted by Gasteiger charge is -2.30. The third-order valence-corrected chi connectivity index (χ3v) is 4.23. The molecule has 1 saturated heterocycles. The largest absolute Gasteiger partial charge is 0.391 e. The van der Waals surface area contributed by atoms with E-state index in [1.165, 1.54) is 0 Å². The second-order valence-corrected chi connectivity index (χ2v) is 6.38. The summed E-state index contributed by atoms with van der Waals surface area (Å²) < 4.78 is 0. The normalized spacial score (nSPS) is 36.1. The van der Waals surface area contributed by atoms with Gasteiger partial charge in [0, 0.05) is 13.0 Å². The van der Waals surface area contributed by atoms with Gasteiger partial charge in [0.25, 0.3) is 0 Å². The van der Waals surface area contributed by atoms with Gasteiger partial charge in [-0.3, -0.25) is 4.79 Å². The first kappa shape index (κ1) is 11.9. The molecule has 2 rings (SSSR count). The minimum Gasteiger partial charge on any atom is -0.391 e. The Kier molecular flexibility index (Phi) is 2.99. The van der Waals surface area contributed by atoms with Crippen LogP contribution in [-0.4, -0.2) is 34.6 Å². The topological polar surface area (TPSA) is 40.5 Å². The molecule has 0 aromatic rings. The van der Waals surface area contributed by atoms with Crippen LogP contribution in [0.15, 0.2) is 0 Å². The van der Waals surface area contributed by atoms with Gasteiger partial charge in [0.05, 0.1) is 12.1 Å². The summed E-state index contributed by atoms with van der Waals surface area (Å²) in [7, 11) is 0. The van der Waals surface area contributed by atoms with Crippen molar-refractivity contribution in [3.63, 3.8) is 0 Å². The van der Waals surface area contributed by atoms with Crippen LogP contribution in [-0.2, 0) is 4.79 Å². The van der Waals surface area contributed by atoms with Crippen LogP contribution in [0.3, 0.4) is 0 Å². The fourth-order valence-corrected chi connectivity index (χ4v) is 2.92. The quantitative estimate of drug-likeness (QED) is 0.739. The van der Waals surface area contributed by atoms with E-state index in [-0.39, 0.29) is 23.5 Å². The molecule has 1 heterocycles. The minimum atomic E-state index is -0.289.